The Hall–Kier alpha value is -4.05. The van der Waals surface area contributed by atoms with Crippen LogP contribution >= 0.6 is 0 Å². The number of nitrogens with zero attached hydrogens (tertiary/aromatic N) is 1. The Morgan fingerprint density at radius 1 is 1.17 bits per heavy atom. The van der Waals surface area contributed by atoms with Crippen LogP contribution in [0.4, 0.5) is 0 Å². The van der Waals surface area contributed by atoms with Gasteiger partial charge in [-0.2, -0.15) is 5.26 Å². The molecule has 0 unspecified atom stereocenters. The van der Waals surface area contributed by atoms with Crippen LogP contribution in [-0.4, -0.2) is 37.1 Å². The summed E-state index contributed by atoms with van der Waals surface area (Å²) in [7, 11) is 1.29. The Balaban J connectivity index is 1.56. The van der Waals surface area contributed by atoms with Crippen LogP contribution in [0.2, 0.25) is 0 Å². The van der Waals surface area contributed by atoms with Crippen molar-refractivity contribution < 1.29 is 19.1 Å². The molecule has 0 fully saturated rings. The van der Waals surface area contributed by atoms with Gasteiger partial charge in [0.1, 0.15) is 17.4 Å². The van der Waals surface area contributed by atoms with Gasteiger partial charge in [0.2, 0.25) is 0 Å². The van der Waals surface area contributed by atoms with E-state index in [1.165, 1.54) is 13.2 Å². The lowest BCUT2D eigenvalue weighted by Gasteiger charge is -2.06. The van der Waals surface area contributed by atoms with E-state index in [4.69, 9.17) is 4.74 Å². The zero-order chi connectivity index (χ0) is 21.3. The number of nitriles is 1. The Morgan fingerprint density at radius 2 is 1.93 bits per heavy atom. The van der Waals surface area contributed by atoms with Crippen molar-refractivity contribution in [2.24, 2.45) is 0 Å². The van der Waals surface area contributed by atoms with Gasteiger partial charge in [0, 0.05) is 23.6 Å². The second-order valence-corrected chi connectivity index (χ2v) is 6.47. The highest BCUT2D eigenvalue weighted by Crippen LogP contribution is 2.18. The van der Waals surface area contributed by atoms with Crippen LogP contribution in [0.5, 0.6) is 5.75 Å². The number of hydrogen-bond acceptors (Lipinski definition) is 5. The van der Waals surface area contributed by atoms with E-state index < -0.39 is 11.9 Å². The van der Waals surface area contributed by atoms with Crippen molar-refractivity contribution in [1.29, 1.82) is 5.26 Å². The first-order chi connectivity index (χ1) is 14.6. The van der Waals surface area contributed by atoms with Gasteiger partial charge in [-0.05, 0) is 41.8 Å². The molecule has 0 radical (unpaired) electrons. The summed E-state index contributed by atoms with van der Waals surface area (Å²) < 4.78 is 9.78. The summed E-state index contributed by atoms with van der Waals surface area (Å²) in [5.74, 6) is -0.419. The van der Waals surface area contributed by atoms with Crippen molar-refractivity contribution in [2.45, 2.75) is 6.42 Å². The lowest BCUT2D eigenvalue weighted by Crippen LogP contribution is -2.26. The Bertz CT molecular complexity index is 1110. The minimum atomic E-state index is -0.477. The Labute approximate surface area is 173 Å². The minimum absolute atomic E-state index is 0.0113. The summed E-state index contributed by atoms with van der Waals surface area (Å²) in [5, 5.41) is 13.3. The highest BCUT2D eigenvalue weighted by Gasteiger charge is 2.10. The third-order valence-electron chi connectivity index (χ3n) is 4.50. The average Bonchev–Trinajstić information content (AvgIpc) is 3.19. The number of H-pyrrole nitrogens is 1. The van der Waals surface area contributed by atoms with Crippen molar-refractivity contribution >= 4 is 28.9 Å². The fourth-order valence-corrected chi connectivity index (χ4v) is 2.92. The second kappa shape index (κ2) is 9.94. The average molecular weight is 403 g/mol. The van der Waals surface area contributed by atoms with Gasteiger partial charge in [-0.15, -0.1) is 0 Å². The topological polar surface area (TPSA) is 104 Å². The molecule has 0 aliphatic carbocycles. The second-order valence-electron chi connectivity index (χ2n) is 6.47. The number of benzene rings is 2. The molecule has 1 amide bonds. The molecule has 30 heavy (non-hydrogen) atoms. The third-order valence-corrected chi connectivity index (χ3v) is 4.50. The van der Waals surface area contributed by atoms with E-state index in [0.29, 0.717) is 24.3 Å². The number of para-hydroxylation sites is 1. The molecule has 0 atom stereocenters. The molecule has 0 aliphatic heterocycles. The van der Waals surface area contributed by atoms with Crippen molar-refractivity contribution in [3.05, 3.63) is 71.4 Å². The molecule has 7 heteroatoms. The van der Waals surface area contributed by atoms with Crippen molar-refractivity contribution in [1.82, 2.24) is 10.3 Å². The number of rotatable bonds is 8. The van der Waals surface area contributed by atoms with Gasteiger partial charge in [-0.25, -0.2) is 4.79 Å². The SMILES string of the molecule is COC(=O)COc1ccc(C=C(C#N)C(=O)NCCc2c[nH]c3ccccc23)cc1. The van der Waals surface area contributed by atoms with Crippen LogP contribution in [0.25, 0.3) is 17.0 Å². The molecule has 3 aromatic rings. The van der Waals surface area contributed by atoms with Crippen LogP contribution < -0.4 is 10.1 Å². The maximum absolute atomic E-state index is 12.4. The molecule has 0 saturated carbocycles. The van der Waals surface area contributed by atoms with Gasteiger partial charge in [-0.3, -0.25) is 4.79 Å². The molecule has 152 valence electrons. The zero-order valence-electron chi connectivity index (χ0n) is 16.5. The molecule has 3 rings (SSSR count). The third kappa shape index (κ3) is 5.26. The minimum Gasteiger partial charge on any atom is -0.482 e. The van der Waals surface area contributed by atoms with Crippen LogP contribution in [0.1, 0.15) is 11.1 Å². The Kier molecular flexibility index (Phi) is 6.85. The molecule has 2 N–H and O–H groups in total. The number of amides is 1. The maximum atomic E-state index is 12.4. The number of hydrogen-bond donors (Lipinski definition) is 2. The predicted octanol–water partition coefficient (Wildman–Crippen LogP) is 2.99. The number of methoxy groups -OCH3 is 1. The molecule has 7 nitrogen and oxygen atoms in total. The summed E-state index contributed by atoms with van der Waals surface area (Å²) in [6.45, 7) is 0.230. The van der Waals surface area contributed by atoms with Crippen molar-refractivity contribution in [3.8, 4) is 11.8 Å². The summed E-state index contributed by atoms with van der Waals surface area (Å²) in [4.78, 5) is 26.7. The molecule has 2 aromatic carbocycles. The molecule has 1 aromatic heterocycles. The largest absolute Gasteiger partial charge is 0.482 e. The number of carbonyl (C=O) groups is 2. The van der Waals surface area contributed by atoms with Crippen LogP contribution in [0, 0.1) is 11.3 Å². The Morgan fingerprint density at radius 3 is 2.67 bits per heavy atom. The van der Waals surface area contributed by atoms with Crippen LogP contribution in [0.3, 0.4) is 0 Å². The van der Waals surface area contributed by atoms with Crippen molar-refractivity contribution in [2.75, 3.05) is 20.3 Å². The summed E-state index contributed by atoms with van der Waals surface area (Å²) >= 11 is 0. The number of ether oxygens (including phenoxy) is 2. The number of nitrogens with one attached hydrogen (secondary N) is 2. The summed E-state index contributed by atoms with van der Waals surface area (Å²) in [6, 6.07) is 16.6. The van der Waals surface area contributed by atoms with Gasteiger partial charge in [0.05, 0.1) is 7.11 Å². The molecule has 1 heterocycles. The van der Waals surface area contributed by atoms with E-state index in [1.54, 1.807) is 24.3 Å². The van der Waals surface area contributed by atoms with E-state index in [1.807, 2.05) is 36.5 Å². The fourth-order valence-electron chi connectivity index (χ4n) is 2.92. The van der Waals surface area contributed by atoms with E-state index in [2.05, 4.69) is 15.0 Å². The van der Waals surface area contributed by atoms with Gasteiger partial charge >= 0.3 is 5.97 Å². The van der Waals surface area contributed by atoms with Crippen molar-refractivity contribution in [3.63, 3.8) is 0 Å². The number of fused-ring (bicyclic) bond motifs is 1. The summed E-state index contributed by atoms with van der Waals surface area (Å²) in [6.07, 6.45) is 4.09. The van der Waals surface area contributed by atoms with Crippen LogP contribution in [0.15, 0.2) is 60.3 Å². The monoisotopic (exact) mass is 403 g/mol. The number of esters is 1. The molecule has 0 aliphatic rings. The van der Waals surface area contributed by atoms with E-state index in [0.717, 1.165) is 16.5 Å². The van der Waals surface area contributed by atoms with Gasteiger partial charge in [0.25, 0.3) is 5.91 Å². The first kappa shape index (κ1) is 20.7. The highest BCUT2D eigenvalue weighted by molar-refractivity contribution is 6.01. The predicted molar refractivity (Wildman–Crippen MR) is 113 cm³/mol. The van der Waals surface area contributed by atoms with Crippen LogP contribution in [-0.2, 0) is 20.7 Å². The number of aromatic nitrogens is 1. The molecule has 0 saturated heterocycles. The maximum Gasteiger partial charge on any atom is 0.343 e. The molecular formula is C23H21N3O4. The zero-order valence-corrected chi connectivity index (χ0v) is 16.5. The number of aromatic amines is 1. The molecule has 0 spiro atoms. The van der Waals surface area contributed by atoms with E-state index in [9.17, 15) is 14.9 Å². The van der Waals surface area contributed by atoms with E-state index in [-0.39, 0.29) is 12.2 Å². The van der Waals surface area contributed by atoms with Gasteiger partial charge in [-0.1, -0.05) is 30.3 Å². The number of carbonyl (C=O) groups excluding carboxylic acids is 2. The van der Waals surface area contributed by atoms with Gasteiger partial charge in [0.15, 0.2) is 6.61 Å². The summed E-state index contributed by atoms with van der Waals surface area (Å²) in [5.41, 5.74) is 2.84. The normalized spacial score (nSPS) is 11.0. The fraction of sp³-hybridized carbons (Fsp3) is 0.174. The lowest BCUT2D eigenvalue weighted by molar-refractivity contribution is -0.142. The standard InChI is InChI=1S/C23H21N3O4/c1-29-22(27)15-30-19-8-6-16(7-9-19)12-18(13-24)23(28)25-11-10-17-14-26-21-5-3-2-4-20(17)21/h2-9,12,14,26H,10-11,15H2,1H3,(H,25,28). The smallest absolute Gasteiger partial charge is 0.343 e. The first-order valence-electron chi connectivity index (χ1n) is 9.35. The first-order valence-corrected chi connectivity index (χ1v) is 9.35. The molecular weight excluding hydrogens is 382 g/mol. The quantitative estimate of drug-likeness (QED) is 0.342. The highest BCUT2D eigenvalue weighted by atomic mass is 16.6. The lowest BCUT2D eigenvalue weighted by atomic mass is 10.1. The molecule has 0 bridgehead atoms. The van der Waals surface area contributed by atoms with E-state index >= 15 is 0 Å². The van der Waals surface area contributed by atoms with Gasteiger partial charge < -0.3 is 19.8 Å².